The van der Waals surface area contributed by atoms with Crippen molar-refractivity contribution in [2.24, 2.45) is 31.4 Å². The van der Waals surface area contributed by atoms with Crippen LogP contribution >= 0.6 is 0 Å². The number of rotatable bonds is 3. The Balaban J connectivity index is 4.76. The first-order chi connectivity index (χ1) is 8.22. The molecule has 0 aliphatic carbocycles. The third kappa shape index (κ3) is 6.87. The third-order valence-corrected chi connectivity index (χ3v) is 1.74. The highest BCUT2D eigenvalue weighted by Crippen LogP contribution is 2.02. The van der Waals surface area contributed by atoms with Gasteiger partial charge in [-0.3, -0.25) is 9.98 Å². The monoisotopic (exact) mass is 256 g/mol. The summed E-state index contributed by atoms with van der Waals surface area (Å²) in [6.45, 7) is 2.92. The summed E-state index contributed by atoms with van der Waals surface area (Å²) in [6.07, 6.45) is 0. The van der Waals surface area contributed by atoms with Crippen molar-refractivity contribution in [3.8, 4) is 0 Å². The number of aliphatic imine (C=N–C) groups is 4. The van der Waals surface area contributed by atoms with Crippen molar-refractivity contribution < 1.29 is 20.4 Å². The highest BCUT2D eigenvalue weighted by Gasteiger charge is 2.08. The molecular formula is C8H12N6O4-4. The Labute approximate surface area is 103 Å². The minimum Gasteiger partial charge on any atom is -0.846 e. The summed E-state index contributed by atoms with van der Waals surface area (Å²) in [5.74, 6) is 0. The van der Waals surface area contributed by atoms with Crippen molar-refractivity contribution in [2.75, 3.05) is 0 Å². The summed E-state index contributed by atoms with van der Waals surface area (Å²) < 4.78 is 0. The second-order valence-corrected chi connectivity index (χ2v) is 3.20. The van der Waals surface area contributed by atoms with Crippen molar-refractivity contribution in [1.82, 2.24) is 0 Å². The molecule has 0 aromatic rings. The van der Waals surface area contributed by atoms with Crippen LogP contribution in [-0.2, 0) is 0 Å². The molecule has 10 nitrogen and oxygen atoms in total. The summed E-state index contributed by atoms with van der Waals surface area (Å²) in [5, 5.41) is 42.5. The van der Waals surface area contributed by atoms with Crippen molar-refractivity contribution in [3.63, 3.8) is 0 Å². The molecule has 2 atom stereocenters. The Morgan fingerprint density at radius 1 is 0.778 bits per heavy atom. The van der Waals surface area contributed by atoms with Crippen LogP contribution in [0, 0.1) is 0 Å². The quantitative estimate of drug-likeness (QED) is 0.373. The average Bonchev–Trinajstić information content (AvgIpc) is 2.13. The molecule has 0 amide bonds. The van der Waals surface area contributed by atoms with Gasteiger partial charge in [-0.25, -0.2) is 9.98 Å². The van der Waals surface area contributed by atoms with E-state index in [0.29, 0.717) is 0 Å². The van der Waals surface area contributed by atoms with Gasteiger partial charge in [0.25, 0.3) is 0 Å². The largest absolute Gasteiger partial charge is 0.846 e. The van der Waals surface area contributed by atoms with Crippen molar-refractivity contribution >= 4 is 24.1 Å². The van der Waals surface area contributed by atoms with E-state index in [1.165, 1.54) is 13.8 Å². The first kappa shape index (κ1) is 15.5. The smallest absolute Gasteiger partial charge is 0.0778 e. The molecule has 102 valence electrons. The molecular weight excluding hydrogens is 244 g/mol. The SMILES string of the molecule is CC(N=C([O-])N=C(N)[O-])C(C)N=C([O-])N=C(N)[O-]. The molecule has 4 N–H and O–H groups in total. The molecule has 0 spiro atoms. The zero-order valence-electron chi connectivity index (χ0n) is 9.73. The van der Waals surface area contributed by atoms with Crippen LogP contribution in [-0.4, -0.2) is 36.2 Å². The maximum atomic E-state index is 11.0. The predicted octanol–water partition coefficient (Wildman–Crippen LogP) is -5.45. The third-order valence-electron chi connectivity index (χ3n) is 1.74. The van der Waals surface area contributed by atoms with Crippen LogP contribution < -0.4 is 31.9 Å². The molecule has 0 fully saturated rings. The number of hydrogen-bond acceptors (Lipinski definition) is 6. The lowest BCUT2D eigenvalue weighted by atomic mass is 10.2. The molecule has 0 bridgehead atoms. The molecule has 2 unspecified atom stereocenters. The van der Waals surface area contributed by atoms with Gasteiger partial charge in [-0.1, -0.05) is 0 Å². The van der Waals surface area contributed by atoms with E-state index >= 15 is 0 Å². The fraction of sp³-hybridized carbons (Fsp3) is 0.500. The molecule has 0 aliphatic heterocycles. The minimum atomic E-state index is -1.17. The normalized spacial score (nSPS) is 18.6. The maximum absolute atomic E-state index is 11.0. The summed E-state index contributed by atoms with van der Waals surface area (Å²) in [6, 6.07) is -5.96. The van der Waals surface area contributed by atoms with Crippen LogP contribution in [0.25, 0.3) is 0 Å². The van der Waals surface area contributed by atoms with Gasteiger partial charge in [0.1, 0.15) is 0 Å². The van der Waals surface area contributed by atoms with E-state index in [9.17, 15) is 20.4 Å². The first-order valence-corrected chi connectivity index (χ1v) is 4.74. The fourth-order valence-electron chi connectivity index (χ4n) is 0.810. The van der Waals surface area contributed by atoms with Crippen molar-refractivity contribution in [1.29, 1.82) is 0 Å². The van der Waals surface area contributed by atoms with Gasteiger partial charge in [0.2, 0.25) is 0 Å². The zero-order chi connectivity index (χ0) is 14.3. The van der Waals surface area contributed by atoms with E-state index in [1.54, 1.807) is 0 Å². The predicted molar refractivity (Wildman–Crippen MR) is 57.0 cm³/mol. The fourth-order valence-corrected chi connectivity index (χ4v) is 0.810. The van der Waals surface area contributed by atoms with Gasteiger partial charge in [-0.05, 0) is 13.8 Å². The van der Waals surface area contributed by atoms with E-state index in [4.69, 9.17) is 0 Å². The van der Waals surface area contributed by atoms with E-state index < -0.39 is 36.2 Å². The standard InChI is InChI=1S/C8H16N6O4/c1-3(11-7(17)13-5(9)15)4(2)12-8(18)14-6(10)16/h3-4H,1-2H3,(H4,9,11,13,15,17)(H4,10,12,14,16,18)/p-4. The summed E-state index contributed by atoms with van der Waals surface area (Å²) in [7, 11) is 0. The highest BCUT2D eigenvalue weighted by molar-refractivity contribution is 5.84. The molecule has 0 aromatic heterocycles. The molecule has 0 radical (unpaired) electrons. The van der Waals surface area contributed by atoms with Gasteiger partial charge >= 0.3 is 0 Å². The van der Waals surface area contributed by atoms with Gasteiger partial charge in [0.05, 0.1) is 36.2 Å². The molecule has 10 heteroatoms. The molecule has 18 heavy (non-hydrogen) atoms. The molecule has 0 aliphatic rings. The van der Waals surface area contributed by atoms with Crippen molar-refractivity contribution in [3.05, 3.63) is 0 Å². The lowest BCUT2D eigenvalue weighted by Gasteiger charge is -2.18. The highest BCUT2D eigenvalue weighted by atomic mass is 16.3. The van der Waals surface area contributed by atoms with E-state index in [-0.39, 0.29) is 0 Å². The lowest BCUT2D eigenvalue weighted by Crippen LogP contribution is -2.33. The van der Waals surface area contributed by atoms with Gasteiger partial charge in [-0.2, -0.15) is 0 Å². The Morgan fingerprint density at radius 3 is 1.28 bits per heavy atom. The van der Waals surface area contributed by atoms with Crippen molar-refractivity contribution in [2.45, 2.75) is 25.9 Å². The zero-order valence-corrected chi connectivity index (χ0v) is 9.73. The van der Waals surface area contributed by atoms with Crippen LogP contribution in [0.3, 0.4) is 0 Å². The number of amidine groups is 4. The van der Waals surface area contributed by atoms with Gasteiger partial charge in [0, 0.05) is 0 Å². The minimum absolute atomic E-state index is 0.743. The molecule has 0 heterocycles. The molecule has 0 aromatic carbocycles. The van der Waals surface area contributed by atoms with Crippen LogP contribution in [0.1, 0.15) is 13.8 Å². The second-order valence-electron chi connectivity index (χ2n) is 3.20. The van der Waals surface area contributed by atoms with Crippen LogP contribution in [0.4, 0.5) is 0 Å². The van der Waals surface area contributed by atoms with E-state index in [2.05, 4.69) is 31.4 Å². The lowest BCUT2D eigenvalue weighted by molar-refractivity contribution is -0.230. The molecule has 0 saturated heterocycles. The Bertz CT molecular complexity index is 356. The first-order valence-electron chi connectivity index (χ1n) is 4.74. The van der Waals surface area contributed by atoms with Gasteiger partial charge in [0.15, 0.2) is 0 Å². The van der Waals surface area contributed by atoms with Gasteiger partial charge in [-0.15, -0.1) is 0 Å². The van der Waals surface area contributed by atoms with Crippen LogP contribution in [0.15, 0.2) is 20.0 Å². The van der Waals surface area contributed by atoms with E-state index in [1.807, 2.05) is 0 Å². The van der Waals surface area contributed by atoms with Crippen LogP contribution in [0.5, 0.6) is 0 Å². The topological polar surface area (TPSA) is 194 Å². The second kappa shape index (κ2) is 6.93. The van der Waals surface area contributed by atoms with E-state index in [0.717, 1.165) is 0 Å². The Kier molecular flexibility index (Phi) is 5.96. The average molecular weight is 256 g/mol. The number of hydrogen-bond donors (Lipinski definition) is 2. The van der Waals surface area contributed by atoms with Gasteiger partial charge < -0.3 is 31.9 Å². The van der Waals surface area contributed by atoms with Crippen LogP contribution in [0.2, 0.25) is 0 Å². The Morgan fingerprint density at radius 2 is 1.06 bits per heavy atom. The molecule has 0 saturated carbocycles. The maximum Gasteiger partial charge on any atom is 0.0778 e. The molecule has 0 rings (SSSR count). The summed E-state index contributed by atoms with van der Waals surface area (Å²) in [5.41, 5.74) is 9.30. The Hall–Kier alpha value is -2.52. The number of nitrogens with zero attached hydrogens (tertiary/aromatic N) is 4. The summed E-state index contributed by atoms with van der Waals surface area (Å²) >= 11 is 0. The summed E-state index contributed by atoms with van der Waals surface area (Å²) in [4.78, 5) is 12.6. The number of nitrogens with two attached hydrogens (primary N) is 2.